The van der Waals surface area contributed by atoms with Crippen LogP contribution in [0.1, 0.15) is 12.0 Å². The monoisotopic (exact) mass is 467 g/mol. The van der Waals surface area contributed by atoms with Crippen LogP contribution in [0, 0.1) is 5.82 Å². The van der Waals surface area contributed by atoms with Gasteiger partial charge in [-0.3, -0.25) is 9.62 Å². The fourth-order valence-corrected chi connectivity index (χ4v) is 5.24. The highest BCUT2D eigenvalue weighted by Gasteiger charge is 2.27. The van der Waals surface area contributed by atoms with Crippen molar-refractivity contribution in [2.75, 3.05) is 17.8 Å². The van der Waals surface area contributed by atoms with Crippen molar-refractivity contribution in [3.05, 3.63) is 69.8 Å². The van der Waals surface area contributed by atoms with Gasteiger partial charge in [-0.05, 0) is 18.1 Å². The van der Waals surface area contributed by atoms with Crippen molar-refractivity contribution in [2.45, 2.75) is 24.0 Å². The van der Waals surface area contributed by atoms with Crippen LogP contribution in [-0.4, -0.2) is 37.5 Å². The molecule has 1 fully saturated rings. The van der Waals surface area contributed by atoms with Gasteiger partial charge in [0, 0.05) is 31.1 Å². The molecule has 4 rings (SSSR count). The van der Waals surface area contributed by atoms with Crippen LogP contribution in [0.4, 0.5) is 10.2 Å². The summed E-state index contributed by atoms with van der Waals surface area (Å²) in [6.07, 6.45) is 0.622. The van der Waals surface area contributed by atoms with Crippen molar-refractivity contribution in [3.63, 3.8) is 0 Å². The van der Waals surface area contributed by atoms with E-state index in [9.17, 15) is 12.8 Å². The van der Waals surface area contributed by atoms with E-state index in [0.717, 1.165) is 31.6 Å². The Morgan fingerprint density at radius 2 is 2.10 bits per heavy atom. The van der Waals surface area contributed by atoms with Crippen LogP contribution in [0.2, 0.25) is 5.02 Å². The van der Waals surface area contributed by atoms with Crippen LogP contribution in [0.15, 0.2) is 58.3 Å². The van der Waals surface area contributed by atoms with Crippen LogP contribution >= 0.6 is 22.9 Å². The number of halogens is 2. The third kappa shape index (κ3) is 4.92. The predicted molar refractivity (Wildman–Crippen MR) is 115 cm³/mol. The van der Waals surface area contributed by atoms with Crippen LogP contribution in [0.3, 0.4) is 0 Å². The first kappa shape index (κ1) is 21.0. The molecule has 3 aromatic rings. The minimum atomic E-state index is -4.15. The number of ether oxygens (including phenoxy) is 1. The SMILES string of the molecule is O=S(=O)(Nc1cscn1)c1cc(Cl)c(OC2CCN(Cc3ccccc3)C2)cc1F. The number of benzene rings is 2. The smallest absolute Gasteiger partial charge is 0.266 e. The van der Waals surface area contributed by atoms with Gasteiger partial charge in [-0.1, -0.05) is 41.9 Å². The maximum atomic E-state index is 14.6. The van der Waals surface area contributed by atoms with Crippen molar-refractivity contribution in [3.8, 4) is 5.75 Å². The molecule has 0 aliphatic carbocycles. The number of hydrogen-bond donors (Lipinski definition) is 1. The van der Waals surface area contributed by atoms with E-state index in [1.54, 1.807) is 0 Å². The summed E-state index contributed by atoms with van der Waals surface area (Å²) in [5, 5.41) is 1.55. The third-order valence-electron chi connectivity index (χ3n) is 4.72. The largest absolute Gasteiger partial charge is 0.487 e. The maximum Gasteiger partial charge on any atom is 0.266 e. The first-order valence-electron chi connectivity index (χ1n) is 9.24. The van der Waals surface area contributed by atoms with Crippen molar-refractivity contribution in [2.24, 2.45) is 0 Å². The Labute approximate surface area is 183 Å². The average molecular weight is 468 g/mol. The highest BCUT2D eigenvalue weighted by Crippen LogP contribution is 2.32. The first-order valence-corrected chi connectivity index (χ1v) is 12.0. The van der Waals surface area contributed by atoms with Crippen molar-refractivity contribution in [1.29, 1.82) is 0 Å². The molecule has 0 bridgehead atoms. The number of anilines is 1. The summed E-state index contributed by atoms with van der Waals surface area (Å²) in [6.45, 7) is 2.34. The Bertz CT molecular complexity index is 1110. The molecule has 0 saturated carbocycles. The Morgan fingerprint density at radius 1 is 1.30 bits per heavy atom. The second kappa shape index (κ2) is 8.89. The Balaban J connectivity index is 1.44. The molecule has 2 heterocycles. The molecule has 1 aliphatic heterocycles. The summed E-state index contributed by atoms with van der Waals surface area (Å²) >= 11 is 7.44. The summed E-state index contributed by atoms with van der Waals surface area (Å²) < 4.78 is 47.6. The van der Waals surface area contributed by atoms with Crippen LogP contribution in [0.5, 0.6) is 5.75 Å². The molecule has 1 atom stereocenters. The van der Waals surface area contributed by atoms with Gasteiger partial charge in [0.1, 0.15) is 22.6 Å². The molecule has 6 nitrogen and oxygen atoms in total. The number of hydrogen-bond acceptors (Lipinski definition) is 6. The van der Waals surface area contributed by atoms with E-state index in [1.165, 1.54) is 27.8 Å². The molecule has 158 valence electrons. The van der Waals surface area contributed by atoms with Gasteiger partial charge in [0.15, 0.2) is 5.82 Å². The molecule has 30 heavy (non-hydrogen) atoms. The van der Waals surface area contributed by atoms with E-state index in [4.69, 9.17) is 16.3 Å². The topological polar surface area (TPSA) is 71.5 Å². The summed E-state index contributed by atoms with van der Waals surface area (Å²) in [5.41, 5.74) is 2.69. The third-order valence-corrected chi connectivity index (χ3v) is 6.97. The molecule has 1 N–H and O–H groups in total. The lowest BCUT2D eigenvalue weighted by atomic mass is 10.2. The predicted octanol–water partition coefficient (Wildman–Crippen LogP) is 4.39. The normalized spacial score (nSPS) is 17.2. The minimum Gasteiger partial charge on any atom is -0.487 e. The fourth-order valence-electron chi connectivity index (χ4n) is 3.32. The Kier molecular flexibility index (Phi) is 6.24. The number of nitrogens with one attached hydrogen (secondary N) is 1. The number of thiazole rings is 1. The van der Waals surface area contributed by atoms with Gasteiger partial charge in [0.2, 0.25) is 0 Å². The molecule has 1 aliphatic rings. The Hall–Kier alpha value is -2.20. The quantitative estimate of drug-likeness (QED) is 0.558. The zero-order valence-electron chi connectivity index (χ0n) is 15.8. The van der Waals surface area contributed by atoms with E-state index in [2.05, 4.69) is 26.7 Å². The van der Waals surface area contributed by atoms with Crippen molar-refractivity contribution in [1.82, 2.24) is 9.88 Å². The summed E-state index contributed by atoms with van der Waals surface area (Å²) in [5.74, 6) is -0.676. The van der Waals surface area contributed by atoms with Crippen LogP contribution in [0.25, 0.3) is 0 Å². The molecular weight excluding hydrogens is 449 g/mol. The first-order chi connectivity index (χ1) is 14.4. The van der Waals surface area contributed by atoms with Crippen LogP contribution < -0.4 is 9.46 Å². The zero-order chi connectivity index (χ0) is 21.1. The summed E-state index contributed by atoms with van der Waals surface area (Å²) in [6, 6.07) is 12.2. The summed E-state index contributed by atoms with van der Waals surface area (Å²) in [4.78, 5) is 5.55. The molecule has 0 spiro atoms. The van der Waals surface area contributed by atoms with Gasteiger partial charge >= 0.3 is 0 Å². The minimum absolute atomic E-state index is 0.0385. The van der Waals surface area contributed by atoms with Crippen molar-refractivity contribution < 1.29 is 17.5 Å². The lowest BCUT2D eigenvalue weighted by Crippen LogP contribution is -2.24. The molecule has 1 saturated heterocycles. The molecule has 2 aromatic carbocycles. The highest BCUT2D eigenvalue weighted by molar-refractivity contribution is 7.92. The average Bonchev–Trinajstić information content (AvgIpc) is 3.37. The van der Waals surface area contributed by atoms with Gasteiger partial charge in [0.05, 0.1) is 10.5 Å². The summed E-state index contributed by atoms with van der Waals surface area (Å²) in [7, 11) is -4.15. The van der Waals surface area contributed by atoms with Gasteiger partial charge in [0.25, 0.3) is 10.0 Å². The number of rotatable bonds is 7. The van der Waals surface area contributed by atoms with E-state index in [1.807, 2.05) is 18.2 Å². The lowest BCUT2D eigenvalue weighted by Gasteiger charge is -2.18. The highest BCUT2D eigenvalue weighted by atomic mass is 35.5. The van der Waals surface area contributed by atoms with E-state index in [-0.39, 0.29) is 22.7 Å². The van der Waals surface area contributed by atoms with Gasteiger partial charge < -0.3 is 4.74 Å². The lowest BCUT2D eigenvalue weighted by molar-refractivity contribution is 0.197. The van der Waals surface area contributed by atoms with Crippen LogP contribution in [-0.2, 0) is 16.6 Å². The zero-order valence-corrected chi connectivity index (χ0v) is 18.2. The molecule has 1 aromatic heterocycles. The van der Waals surface area contributed by atoms with Gasteiger partial charge in [-0.2, -0.15) is 0 Å². The second-order valence-electron chi connectivity index (χ2n) is 6.94. The number of likely N-dealkylation sites (tertiary alicyclic amines) is 1. The molecular formula is C20H19ClFN3O3S2. The molecule has 0 radical (unpaired) electrons. The number of nitrogens with zero attached hydrogens (tertiary/aromatic N) is 2. The molecule has 1 unspecified atom stereocenters. The maximum absolute atomic E-state index is 14.6. The number of aromatic nitrogens is 1. The van der Waals surface area contributed by atoms with Gasteiger partial charge in [-0.25, -0.2) is 17.8 Å². The van der Waals surface area contributed by atoms with E-state index in [0.29, 0.717) is 6.54 Å². The fraction of sp³-hybridized carbons (Fsp3) is 0.250. The van der Waals surface area contributed by atoms with E-state index < -0.39 is 20.7 Å². The molecule has 0 amide bonds. The van der Waals surface area contributed by atoms with Crippen molar-refractivity contribution >= 4 is 38.8 Å². The van der Waals surface area contributed by atoms with E-state index >= 15 is 0 Å². The van der Waals surface area contributed by atoms with Gasteiger partial charge in [-0.15, -0.1) is 11.3 Å². The molecule has 10 heteroatoms. The standard InChI is InChI=1S/C20H19ClFN3O3S2/c21-16-8-19(30(26,27)24-20-12-29-13-23-20)17(22)9-18(16)28-15-6-7-25(11-15)10-14-4-2-1-3-5-14/h1-5,8-9,12-13,15,24H,6-7,10-11H2. The Morgan fingerprint density at radius 3 is 2.83 bits per heavy atom. The number of sulfonamides is 1. The second-order valence-corrected chi connectivity index (χ2v) is 9.72.